The average molecular weight is 277 g/mol. The lowest BCUT2D eigenvalue weighted by Crippen LogP contribution is -2.33. The van der Waals surface area contributed by atoms with E-state index in [-0.39, 0.29) is 22.8 Å². The number of hydrogen-bond donors (Lipinski definition) is 1. The molecule has 1 aromatic rings. The third-order valence-corrected chi connectivity index (χ3v) is 4.79. The van der Waals surface area contributed by atoms with E-state index in [9.17, 15) is 8.42 Å². The molecule has 2 rings (SSSR count). The first kappa shape index (κ1) is 12.4. The van der Waals surface area contributed by atoms with E-state index in [1.165, 1.54) is 6.20 Å². The van der Waals surface area contributed by atoms with Gasteiger partial charge in [0.1, 0.15) is 0 Å². The summed E-state index contributed by atoms with van der Waals surface area (Å²) in [5.74, 6) is 0.817. The van der Waals surface area contributed by atoms with E-state index in [0.29, 0.717) is 17.9 Å². The Morgan fingerprint density at radius 3 is 2.88 bits per heavy atom. The highest BCUT2D eigenvalue weighted by atomic mass is 35.5. The van der Waals surface area contributed by atoms with Crippen LogP contribution in [0.3, 0.4) is 0 Å². The smallest absolute Gasteiger partial charge is 0.224 e. The van der Waals surface area contributed by atoms with E-state index < -0.39 is 9.84 Å². The highest BCUT2D eigenvalue weighted by Gasteiger charge is 2.31. The van der Waals surface area contributed by atoms with Crippen LogP contribution in [0.5, 0.6) is 0 Å². The minimum atomic E-state index is -2.93. The Morgan fingerprint density at radius 1 is 1.59 bits per heavy atom. The fourth-order valence-electron chi connectivity index (χ4n) is 1.90. The van der Waals surface area contributed by atoms with Crippen molar-refractivity contribution in [1.29, 1.82) is 0 Å². The maximum atomic E-state index is 11.4. The molecule has 1 unspecified atom stereocenters. The van der Waals surface area contributed by atoms with Crippen LogP contribution < -0.4 is 10.6 Å². The fraction of sp³-hybridized carbons (Fsp3) is 0.556. The number of nitrogens with two attached hydrogens (primary N) is 1. The summed E-state index contributed by atoms with van der Waals surface area (Å²) in [5.41, 5.74) is 6.14. The maximum Gasteiger partial charge on any atom is 0.224 e. The number of rotatable bonds is 2. The van der Waals surface area contributed by atoms with E-state index in [0.717, 1.165) is 0 Å². The third kappa shape index (κ3) is 2.61. The summed E-state index contributed by atoms with van der Waals surface area (Å²) in [5, 5.41) is 0.0990. The Hall–Kier alpha value is -1.08. The van der Waals surface area contributed by atoms with Crippen LogP contribution in [0.2, 0.25) is 5.28 Å². The summed E-state index contributed by atoms with van der Waals surface area (Å²) in [6, 6.07) is -0.103. The normalized spacial score (nSPS) is 22.6. The Balaban J connectivity index is 2.26. The van der Waals surface area contributed by atoms with Gasteiger partial charge in [0.15, 0.2) is 15.7 Å². The van der Waals surface area contributed by atoms with Crippen LogP contribution in [0.4, 0.5) is 11.5 Å². The van der Waals surface area contributed by atoms with Gasteiger partial charge in [-0.15, -0.1) is 0 Å². The van der Waals surface area contributed by atoms with Crippen molar-refractivity contribution >= 4 is 32.9 Å². The second-order valence-corrected chi connectivity index (χ2v) is 6.65. The van der Waals surface area contributed by atoms with Crippen LogP contribution in [0.25, 0.3) is 0 Å². The van der Waals surface area contributed by atoms with Gasteiger partial charge in [-0.25, -0.2) is 13.4 Å². The number of nitrogens with zero attached hydrogens (tertiary/aromatic N) is 3. The number of sulfone groups is 1. The average Bonchev–Trinajstić information content (AvgIpc) is 2.61. The topological polar surface area (TPSA) is 89.2 Å². The minimum Gasteiger partial charge on any atom is -0.394 e. The predicted molar refractivity (Wildman–Crippen MR) is 66.9 cm³/mol. The van der Waals surface area contributed by atoms with Gasteiger partial charge in [-0.1, -0.05) is 0 Å². The monoisotopic (exact) mass is 276 g/mol. The van der Waals surface area contributed by atoms with Crippen LogP contribution in [0.15, 0.2) is 6.20 Å². The Bertz CT molecular complexity index is 534. The zero-order valence-corrected chi connectivity index (χ0v) is 10.9. The van der Waals surface area contributed by atoms with Crippen molar-refractivity contribution in [3.05, 3.63) is 11.5 Å². The molecule has 0 bridgehead atoms. The molecule has 1 aliphatic rings. The highest BCUT2D eigenvalue weighted by molar-refractivity contribution is 7.91. The summed E-state index contributed by atoms with van der Waals surface area (Å²) in [6.45, 7) is 0. The summed E-state index contributed by atoms with van der Waals surface area (Å²) < 4.78 is 22.8. The van der Waals surface area contributed by atoms with Gasteiger partial charge in [-0.05, 0) is 18.0 Å². The molecule has 8 heteroatoms. The quantitative estimate of drug-likeness (QED) is 0.784. The second-order valence-electron chi connectivity index (χ2n) is 4.09. The number of hydrogen-bond acceptors (Lipinski definition) is 6. The molecule has 1 aliphatic heterocycles. The molecule has 94 valence electrons. The predicted octanol–water partition coefficient (Wildman–Crippen LogP) is 0.335. The minimum absolute atomic E-state index is 0.0990. The van der Waals surface area contributed by atoms with Crippen LogP contribution >= 0.6 is 11.6 Å². The molecule has 1 aromatic heterocycles. The molecule has 0 spiro atoms. The van der Waals surface area contributed by atoms with Gasteiger partial charge >= 0.3 is 0 Å². The zero-order chi connectivity index (χ0) is 12.6. The van der Waals surface area contributed by atoms with E-state index in [4.69, 9.17) is 17.3 Å². The van der Waals surface area contributed by atoms with Gasteiger partial charge in [0.25, 0.3) is 0 Å². The first-order valence-corrected chi connectivity index (χ1v) is 7.30. The van der Waals surface area contributed by atoms with Gasteiger partial charge in [0, 0.05) is 13.1 Å². The van der Waals surface area contributed by atoms with Crippen LogP contribution in [-0.4, -0.2) is 43.0 Å². The molecular formula is C9H13ClN4O2S. The van der Waals surface area contributed by atoms with Gasteiger partial charge in [0.2, 0.25) is 5.28 Å². The molecule has 17 heavy (non-hydrogen) atoms. The number of halogens is 1. The summed E-state index contributed by atoms with van der Waals surface area (Å²) in [6.07, 6.45) is 2.00. The van der Waals surface area contributed by atoms with Gasteiger partial charge in [0.05, 0.1) is 23.4 Å². The molecule has 1 saturated heterocycles. The van der Waals surface area contributed by atoms with E-state index in [2.05, 4.69) is 9.97 Å². The number of anilines is 2. The first-order valence-electron chi connectivity index (χ1n) is 5.10. The van der Waals surface area contributed by atoms with Gasteiger partial charge < -0.3 is 10.6 Å². The fourth-order valence-corrected chi connectivity index (χ4v) is 3.80. The highest BCUT2D eigenvalue weighted by Crippen LogP contribution is 2.26. The van der Waals surface area contributed by atoms with Crippen molar-refractivity contribution in [1.82, 2.24) is 9.97 Å². The Kier molecular flexibility index (Phi) is 3.13. The van der Waals surface area contributed by atoms with Gasteiger partial charge in [-0.2, -0.15) is 4.98 Å². The van der Waals surface area contributed by atoms with Crippen molar-refractivity contribution in [3.8, 4) is 0 Å². The van der Waals surface area contributed by atoms with Crippen molar-refractivity contribution in [3.63, 3.8) is 0 Å². The molecule has 1 atom stereocenters. The van der Waals surface area contributed by atoms with Crippen molar-refractivity contribution in [2.24, 2.45) is 0 Å². The SMILES string of the molecule is CN(c1nc(Cl)ncc1N)C1CCS(=O)(=O)C1. The molecular weight excluding hydrogens is 264 g/mol. The molecule has 2 N–H and O–H groups in total. The second kappa shape index (κ2) is 4.30. The van der Waals surface area contributed by atoms with Crippen molar-refractivity contribution in [2.45, 2.75) is 12.5 Å². The lowest BCUT2D eigenvalue weighted by Gasteiger charge is -2.25. The molecule has 0 amide bonds. The van der Waals surface area contributed by atoms with Crippen molar-refractivity contribution < 1.29 is 8.42 Å². The molecule has 2 heterocycles. The van der Waals surface area contributed by atoms with E-state index in [1.54, 1.807) is 11.9 Å². The molecule has 0 aromatic carbocycles. The van der Waals surface area contributed by atoms with Crippen LogP contribution in [0, 0.1) is 0 Å². The maximum absolute atomic E-state index is 11.4. The Labute approximate surface area is 105 Å². The van der Waals surface area contributed by atoms with E-state index in [1.807, 2.05) is 0 Å². The molecule has 1 fully saturated rings. The van der Waals surface area contributed by atoms with Crippen molar-refractivity contribution in [2.75, 3.05) is 29.2 Å². The summed E-state index contributed by atoms with van der Waals surface area (Å²) in [4.78, 5) is 9.54. The number of aromatic nitrogens is 2. The Morgan fingerprint density at radius 2 is 2.29 bits per heavy atom. The van der Waals surface area contributed by atoms with Crippen LogP contribution in [-0.2, 0) is 9.84 Å². The lowest BCUT2D eigenvalue weighted by atomic mass is 10.2. The molecule has 0 radical (unpaired) electrons. The lowest BCUT2D eigenvalue weighted by molar-refractivity contribution is 0.600. The standard InChI is InChI=1S/C9H13ClN4O2S/c1-14(6-2-3-17(15,16)5-6)8-7(11)4-12-9(10)13-8/h4,6H,2-3,5,11H2,1H3. The summed E-state index contributed by atoms with van der Waals surface area (Å²) >= 11 is 5.70. The summed E-state index contributed by atoms with van der Waals surface area (Å²) in [7, 11) is -1.17. The van der Waals surface area contributed by atoms with E-state index >= 15 is 0 Å². The molecule has 6 nitrogen and oxygen atoms in total. The number of nitrogen functional groups attached to an aromatic ring is 1. The zero-order valence-electron chi connectivity index (χ0n) is 9.30. The first-order chi connectivity index (χ1) is 7.89. The largest absolute Gasteiger partial charge is 0.394 e. The molecule has 0 aliphatic carbocycles. The van der Waals surface area contributed by atoms with Gasteiger partial charge in [-0.3, -0.25) is 0 Å². The molecule has 0 saturated carbocycles. The van der Waals surface area contributed by atoms with Crippen LogP contribution in [0.1, 0.15) is 6.42 Å². The third-order valence-electron chi connectivity index (χ3n) is 2.86.